The van der Waals surface area contributed by atoms with Crippen LogP contribution in [0.3, 0.4) is 0 Å². The summed E-state index contributed by atoms with van der Waals surface area (Å²) >= 11 is 12.4. The Bertz CT molecular complexity index is 1030. The van der Waals surface area contributed by atoms with E-state index in [1.54, 1.807) is 52.3 Å². The van der Waals surface area contributed by atoms with Crippen molar-refractivity contribution in [2.45, 2.75) is 64.5 Å². The normalized spacial score (nSPS) is 14.1. The summed E-state index contributed by atoms with van der Waals surface area (Å²) in [5, 5.41) is 11.5. The number of carbonyl (C=O) groups excluding carboxylic acids is 1. The van der Waals surface area contributed by atoms with Crippen molar-refractivity contribution in [2.24, 2.45) is 17.6 Å². The Morgan fingerprint density at radius 2 is 1.74 bits per heavy atom. The van der Waals surface area contributed by atoms with Gasteiger partial charge >= 0.3 is 0 Å². The second-order valence-electron chi connectivity index (χ2n) is 10.8. The molecule has 0 spiro atoms. The molecule has 2 rings (SSSR count). The summed E-state index contributed by atoms with van der Waals surface area (Å²) in [4.78, 5) is 13.2. The predicted octanol–water partition coefficient (Wildman–Crippen LogP) is 5.62. The first kappa shape index (κ1) is 33.2. The topological polar surface area (TPSA) is 94.3 Å². The highest BCUT2D eigenvalue weighted by atomic mass is 35.5. The van der Waals surface area contributed by atoms with Crippen molar-refractivity contribution in [1.82, 2.24) is 4.42 Å². The van der Waals surface area contributed by atoms with Crippen molar-refractivity contribution in [3.8, 4) is 11.5 Å². The lowest BCUT2D eigenvalue weighted by molar-refractivity contribution is -0.132. The lowest BCUT2D eigenvalue weighted by Gasteiger charge is -2.32. The van der Waals surface area contributed by atoms with E-state index < -0.39 is 17.6 Å². The Hall–Kier alpha value is -2.03. The van der Waals surface area contributed by atoms with Crippen LogP contribution in [-0.2, 0) is 21.4 Å². The smallest absolute Gasteiger partial charge is 0.247 e. The zero-order valence-electron chi connectivity index (χ0n) is 24.0. The molecule has 0 saturated carbocycles. The van der Waals surface area contributed by atoms with Crippen LogP contribution >= 0.6 is 23.4 Å². The molecule has 3 atom stereocenters. The molecule has 0 bridgehead atoms. The maximum absolute atomic E-state index is 13.2. The summed E-state index contributed by atoms with van der Waals surface area (Å²) in [6.45, 7) is 8.94. The van der Waals surface area contributed by atoms with Gasteiger partial charge in [-0.25, -0.2) is 0 Å². The van der Waals surface area contributed by atoms with E-state index in [4.69, 9.17) is 43.3 Å². The molecule has 218 valence electrons. The third-order valence-electron chi connectivity index (χ3n) is 7.16. The minimum atomic E-state index is -0.982. The van der Waals surface area contributed by atoms with Crippen LogP contribution in [0.1, 0.15) is 51.7 Å². The third-order valence-corrected chi connectivity index (χ3v) is 7.70. The number of aliphatic hydroxyl groups is 1. The van der Waals surface area contributed by atoms with Gasteiger partial charge in [0.1, 0.15) is 0 Å². The number of rotatable bonds is 16. The number of halogens is 2. The highest BCUT2D eigenvalue weighted by Gasteiger charge is 2.35. The van der Waals surface area contributed by atoms with Gasteiger partial charge in [0, 0.05) is 43.0 Å². The molecule has 0 aliphatic carbocycles. The van der Waals surface area contributed by atoms with E-state index in [0.29, 0.717) is 42.1 Å². The van der Waals surface area contributed by atoms with Crippen molar-refractivity contribution in [2.75, 3.05) is 34.0 Å². The molecule has 7 nitrogen and oxygen atoms in total. The standard InChI is InChI=1S/C30H44Cl2N2O5/c1-20(2)22(16-21-8-13-27(38-6)28(17-21)39-15-7-14-37-5)18-25(33)26(35)19-34(32)29(36)30(3,4)23-9-11-24(31)12-10-23/h8-13,17,20,22,25-26,35H,7,14-16,18-19,33H2,1-6H3/t22-,25-,26-/m0/s1. The number of ether oxygens (including phenoxy) is 3. The average molecular weight is 584 g/mol. The fourth-order valence-corrected chi connectivity index (χ4v) is 4.90. The molecule has 3 N–H and O–H groups in total. The van der Waals surface area contributed by atoms with E-state index in [2.05, 4.69) is 13.8 Å². The van der Waals surface area contributed by atoms with Crippen molar-refractivity contribution in [3.05, 3.63) is 58.6 Å². The van der Waals surface area contributed by atoms with Crippen LogP contribution in [0.25, 0.3) is 0 Å². The first-order valence-electron chi connectivity index (χ1n) is 13.4. The fraction of sp³-hybridized carbons (Fsp3) is 0.567. The van der Waals surface area contributed by atoms with E-state index in [0.717, 1.165) is 28.4 Å². The Labute approximate surface area is 243 Å². The SMILES string of the molecule is COCCCOc1cc(C[C@@H](C[C@H](N)[C@@H](O)CN(Cl)C(=O)C(C)(C)c2ccc(Cl)cc2)C(C)C)ccc1OC. The Balaban J connectivity index is 2.03. The van der Waals surface area contributed by atoms with Crippen LogP contribution < -0.4 is 15.2 Å². The molecular formula is C30H44Cl2N2O5. The van der Waals surface area contributed by atoms with Crippen molar-refractivity contribution in [3.63, 3.8) is 0 Å². The molecular weight excluding hydrogens is 539 g/mol. The van der Waals surface area contributed by atoms with Gasteiger partial charge in [0.25, 0.3) is 0 Å². The number of nitrogens with two attached hydrogens (primary N) is 1. The molecule has 0 radical (unpaired) electrons. The lowest BCUT2D eigenvalue weighted by atomic mass is 9.82. The van der Waals surface area contributed by atoms with Crippen LogP contribution in [0.4, 0.5) is 0 Å². The number of aliphatic hydroxyl groups excluding tert-OH is 1. The van der Waals surface area contributed by atoms with Gasteiger partial charge in [-0.05, 0) is 73.9 Å². The summed E-state index contributed by atoms with van der Waals surface area (Å²) in [6.07, 6.45) is 1.12. The summed E-state index contributed by atoms with van der Waals surface area (Å²) < 4.78 is 17.5. The molecule has 0 aliphatic rings. The Morgan fingerprint density at radius 1 is 1.08 bits per heavy atom. The zero-order chi connectivity index (χ0) is 29.2. The summed E-state index contributed by atoms with van der Waals surface area (Å²) in [5.74, 6) is 1.55. The van der Waals surface area contributed by atoms with Crippen LogP contribution in [-0.4, -0.2) is 61.6 Å². The number of nitrogens with zero attached hydrogens (tertiary/aromatic N) is 1. The average Bonchev–Trinajstić information content (AvgIpc) is 2.90. The highest BCUT2D eigenvalue weighted by Crippen LogP contribution is 2.32. The van der Waals surface area contributed by atoms with Crippen LogP contribution in [0.5, 0.6) is 11.5 Å². The van der Waals surface area contributed by atoms with E-state index in [-0.39, 0.29) is 18.4 Å². The summed E-state index contributed by atoms with van der Waals surface area (Å²) in [5.41, 5.74) is 7.43. The second-order valence-corrected chi connectivity index (χ2v) is 11.7. The Morgan fingerprint density at radius 3 is 2.33 bits per heavy atom. The van der Waals surface area contributed by atoms with Gasteiger partial charge in [0.2, 0.25) is 5.91 Å². The molecule has 9 heteroatoms. The number of methoxy groups -OCH3 is 2. The van der Waals surface area contributed by atoms with E-state index in [9.17, 15) is 9.90 Å². The minimum absolute atomic E-state index is 0.0780. The maximum Gasteiger partial charge on any atom is 0.247 e. The van der Waals surface area contributed by atoms with Crippen molar-refractivity contribution in [1.29, 1.82) is 0 Å². The number of amides is 1. The zero-order valence-corrected chi connectivity index (χ0v) is 25.5. The minimum Gasteiger partial charge on any atom is -0.493 e. The molecule has 39 heavy (non-hydrogen) atoms. The van der Waals surface area contributed by atoms with E-state index in [1.807, 2.05) is 18.2 Å². The summed E-state index contributed by atoms with van der Waals surface area (Å²) in [7, 11) is 3.29. The van der Waals surface area contributed by atoms with Gasteiger partial charge < -0.3 is 25.1 Å². The number of hydrogen-bond donors (Lipinski definition) is 2. The monoisotopic (exact) mass is 582 g/mol. The van der Waals surface area contributed by atoms with Gasteiger partial charge in [-0.2, -0.15) is 0 Å². The van der Waals surface area contributed by atoms with E-state index >= 15 is 0 Å². The number of benzene rings is 2. The third kappa shape index (κ3) is 9.83. The van der Waals surface area contributed by atoms with E-state index in [1.165, 1.54) is 0 Å². The largest absolute Gasteiger partial charge is 0.493 e. The number of hydrogen-bond acceptors (Lipinski definition) is 6. The lowest BCUT2D eigenvalue weighted by Crippen LogP contribution is -2.47. The molecule has 0 unspecified atom stereocenters. The maximum atomic E-state index is 13.2. The molecule has 0 fully saturated rings. The quantitative estimate of drug-likeness (QED) is 0.197. The van der Waals surface area contributed by atoms with Gasteiger partial charge in [-0.1, -0.05) is 43.6 Å². The highest BCUT2D eigenvalue weighted by molar-refractivity contribution is 6.30. The van der Waals surface area contributed by atoms with Gasteiger partial charge in [-0.3, -0.25) is 9.21 Å². The number of carbonyl (C=O) groups is 1. The molecule has 2 aromatic carbocycles. The first-order chi connectivity index (χ1) is 18.4. The van der Waals surface area contributed by atoms with Gasteiger partial charge in [0.15, 0.2) is 11.5 Å². The van der Waals surface area contributed by atoms with Gasteiger partial charge in [0.05, 0.1) is 31.8 Å². The van der Waals surface area contributed by atoms with Crippen LogP contribution in [0, 0.1) is 11.8 Å². The second kappa shape index (κ2) is 15.7. The van der Waals surface area contributed by atoms with Crippen molar-refractivity contribution >= 4 is 29.3 Å². The molecule has 2 aromatic rings. The predicted molar refractivity (Wildman–Crippen MR) is 158 cm³/mol. The molecule has 0 heterocycles. The van der Waals surface area contributed by atoms with Crippen LogP contribution in [0.15, 0.2) is 42.5 Å². The fourth-order valence-electron chi connectivity index (χ4n) is 4.42. The first-order valence-corrected chi connectivity index (χ1v) is 14.1. The van der Waals surface area contributed by atoms with Crippen molar-refractivity contribution < 1.29 is 24.1 Å². The Kier molecular flexibility index (Phi) is 13.3. The van der Waals surface area contributed by atoms with Gasteiger partial charge in [-0.15, -0.1) is 0 Å². The molecule has 1 amide bonds. The molecule has 0 saturated heterocycles. The summed E-state index contributed by atoms with van der Waals surface area (Å²) in [6, 6.07) is 12.4. The van der Waals surface area contributed by atoms with Crippen LogP contribution in [0.2, 0.25) is 5.02 Å². The molecule has 0 aromatic heterocycles. The molecule has 0 aliphatic heterocycles.